The fourth-order valence-electron chi connectivity index (χ4n) is 4.35. The molecule has 3 rings (SSSR count). The van der Waals surface area contributed by atoms with Crippen LogP contribution in [-0.2, 0) is 25.5 Å². The monoisotopic (exact) mass is 607 g/mol. The molecule has 236 valence electrons. The van der Waals surface area contributed by atoms with Gasteiger partial charge in [-0.2, -0.15) is 5.10 Å². The fourth-order valence-corrected chi connectivity index (χ4v) is 4.35. The van der Waals surface area contributed by atoms with Crippen molar-refractivity contribution in [2.24, 2.45) is 0 Å². The molecule has 4 N–H and O–H groups in total. The van der Waals surface area contributed by atoms with Gasteiger partial charge in [-0.05, 0) is 77.1 Å². The molecule has 12 heteroatoms. The van der Waals surface area contributed by atoms with Gasteiger partial charge in [0.2, 0.25) is 11.8 Å². The third-order valence-corrected chi connectivity index (χ3v) is 6.60. The van der Waals surface area contributed by atoms with Crippen molar-refractivity contribution >= 4 is 29.6 Å². The number of ether oxygens (including phenoxy) is 2. The summed E-state index contributed by atoms with van der Waals surface area (Å²) in [7, 11) is 1.52. The van der Waals surface area contributed by atoms with E-state index >= 15 is 0 Å². The van der Waals surface area contributed by atoms with Crippen LogP contribution in [0.2, 0.25) is 0 Å². The SMILES string of the molecule is COc1ccc(C(C(=O)O)n2cc(NC(=O)[C@@H](CCCc3ccccc3)NC(=O)C(C)(C)NC(=O)OC(C)(C)C)cn2)cc1. The van der Waals surface area contributed by atoms with Crippen molar-refractivity contribution in [2.45, 2.75) is 77.1 Å². The van der Waals surface area contributed by atoms with Crippen LogP contribution < -0.4 is 20.7 Å². The number of amides is 3. The Bertz CT molecular complexity index is 1430. The number of carbonyl (C=O) groups excluding carboxylic acids is 3. The zero-order valence-corrected chi connectivity index (χ0v) is 25.9. The quantitative estimate of drug-likeness (QED) is 0.224. The highest BCUT2D eigenvalue weighted by Crippen LogP contribution is 2.23. The maximum Gasteiger partial charge on any atom is 0.408 e. The number of benzene rings is 2. The van der Waals surface area contributed by atoms with Crippen molar-refractivity contribution in [3.05, 3.63) is 78.1 Å². The van der Waals surface area contributed by atoms with Crippen LogP contribution >= 0.6 is 0 Å². The number of rotatable bonds is 13. The maximum absolute atomic E-state index is 13.5. The Balaban J connectivity index is 1.76. The van der Waals surface area contributed by atoms with Gasteiger partial charge in [-0.15, -0.1) is 0 Å². The summed E-state index contributed by atoms with van der Waals surface area (Å²) in [6.45, 7) is 8.17. The third kappa shape index (κ3) is 9.85. The van der Waals surface area contributed by atoms with E-state index in [-0.39, 0.29) is 5.69 Å². The lowest BCUT2D eigenvalue weighted by Gasteiger charge is -2.29. The summed E-state index contributed by atoms with van der Waals surface area (Å²) in [4.78, 5) is 51.3. The molecule has 0 saturated carbocycles. The number of anilines is 1. The molecule has 0 aliphatic rings. The van der Waals surface area contributed by atoms with Crippen LogP contribution in [0.5, 0.6) is 5.75 Å². The molecule has 2 atom stereocenters. The number of carboxylic acid groups (broad SMARTS) is 1. The minimum Gasteiger partial charge on any atom is -0.497 e. The van der Waals surface area contributed by atoms with Crippen LogP contribution in [0, 0.1) is 0 Å². The Labute approximate surface area is 257 Å². The molecular weight excluding hydrogens is 566 g/mol. The van der Waals surface area contributed by atoms with Crippen molar-refractivity contribution in [3.8, 4) is 5.75 Å². The second-order valence-electron chi connectivity index (χ2n) is 11.9. The van der Waals surface area contributed by atoms with Gasteiger partial charge in [-0.25, -0.2) is 9.59 Å². The summed E-state index contributed by atoms with van der Waals surface area (Å²) in [5.41, 5.74) is -0.343. The second-order valence-corrected chi connectivity index (χ2v) is 11.9. The molecule has 0 spiro atoms. The van der Waals surface area contributed by atoms with Crippen molar-refractivity contribution < 1.29 is 33.8 Å². The molecule has 0 fully saturated rings. The van der Waals surface area contributed by atoms with Gasteiger partial charge in [0.05, 0.1) is 19.0 Å². The second kappa shape index (κ2) is 14.5. The van der Waals surface area contributed by atoms with Crippen LogP contribution in [0.4, 0.5) is 10.5 Å². The van der Waals surface area contributed by atoms with Crippen LogP contribution in [0.1, 0.15) is 64.6 Å². The largest absolute Gasteiger partial charge is 0.497 e. The van der Waals surface area contributed by atoms with E-state index in [1.807, 2.05) is 30.3 Å². The molecular formula is C32H41N5O7. The normalized spacial score (nSPS) is 12.9. The van der Waals surface area contributed by atoms with Crippen molar-refractivity contribution in [3.63, 3.8) is 0 Å². The number of hydrogen-bond donors (Lipinski definition) is 4. The zero-order valence-electron chi connectivity index (χ0n) is 25.9. The van der Waals surface area contributed by atoms with Gasteiger partial charge in [0.1, 0.15) is 22.9 Å². The first kappa shape index (κ1) is 33.6. The smallest absolute Gasteiger partial charge is 0.408 e. The first-order valence-electron chi connectivity index (χ1n) is 14.3. The average molecular weight is 608 g/mol. The summed E-state index contributed by atoms with van der Waals surface area (Å²) in [5.74, 6) is -1.65. The molecule has 3 amide bonds. The van der Waals surface area contributed by atoms with Gasteiger partial charge in [-0.3, -0.25) is 14.3 Å². The van der Waals surface area contributed by atoms with Gasteiger partial charge in [0, 0.05) is 6.20 Å². The number of aromatic nitrogens is 2. The Hall–Kier alpha value is -4.87. The van der Waals surface area contributed by atoms with E-state index in [1.165, 1.54) is 38.0 Å². The van der Waals surface area contributed by atoms with E-state index in [1.54, 1.807) is 45.0 Å². The molecule has 0 bridgehead atoms. The molecule has 0 aliphatic carbocycles. The van der Waals surface area contributed by atoms with Crippen LogP contribution in [0.15, 0.2) is 67.0 Å². The van der Waals surface area contributed by atoms with Gasteiger partial charge >= 0.3 is 12.1 Å². The molecule has 0 radical (unpaired) electrons. The molecule has 1 unspecified atom stereocenters. The van der Waals surface area contributed by atoms with E-state index in [9.17, 15) is 24.3 Å². The number of alkyl carbamates (subject to hydrolysis) is 1. The number of nitrogens with one attached hydrogen (secondary N) is 3. The first-order chi connectivity index (χ1) is 20.7. The van der Waals surface area contributed by atoms with Crippen LogP contribution in [0.25, 0.3) is 0 Å². The van der Waals surface area contributed by atoms with Gasteiger partial charge < -0.3 is 30.5 Å². The lowest BCUT2D eigenvalue weighted by Crippen LogP contribution is -2.58. The minimum atomic E-state index is -1.39. The number of nitrogens with zero attached hydrogens (tertiary/aromatic N) is 2. The fraction of sp³-hybridized carbons (Fsp3) is 0.406. The summed E-state index contributed by atoms with van der Waals surface area (Å²) < 4.78 is 11.7. The van der Waals surface area contributed by atoms with E-state index < -0.39 is 47.1 Å². The van der Waals surface area contributed by atoms with Crippen LogP contribution in [0.3, 0.4) is 0 Å². The average Bonchev–Trinajstić information content (AvgIpc) is 3.39. The molecule has 44 heavy (non-hydrogen) atoms. The summed E-state index contributed by atoms with van der Waals surface area (Å²) >= 11 is 0. The predicted octanol–water partition coefficient (Wildman–Crippen LogP) is 4.32. The van der Waals surface area contributed by atoms with Crippen molar-refractivity contribution in [2.75, 3.05) is 12.4 Å². The zero-order chi connectivity index (χ0) is 32.5. The van der Waals surface area contributed by atoms with Gasteiger partial charge in [0.25, 0.3) is 0 Å². The molecule has 1 aromatic heterocycles. The van der Waals surface area contributed by atoms with Gasteiger partial charge in [0.15, 0.2) is 6.04 Å². The van der Waals surface area contributed by atoms with Crippen LogP contribution in [-0.4, -0.2) is 63.1 Å². The molecule has 0 saturated heterocycles. The standard InChI is InChI=1S/C32H41N5O7/c1-31(2,3)44-30(42)36-32(4,5)29(41)35-25(14-10-13-21-11-8-7-9-12-21)27(38)34-23-19-33-37(20-23)26(28(39)40)22-15-17-24(43-6)18-16-22/h7-9,11-12,15-20,25-26H,10,13-14H2,1-6H3,(H,34,38)(H,35,41)(H,36,42)(H,39,40)/t25-,26?/m1/s1. The number of hydrogen-bond acceptors (Lipinski definition) is 7. The third-order valence-electron chi connectivity index (χ3n) is 6.60. The summed E-state index contributed by atoms with van der Waals surface area (Å²) in [6, 6.07) is 14.2. The highest BCUT2D eigenvalue weighted by Gasteiger charge is 2.34. The van der Waals surface area contributed by atoms with Crippen molar-refractivity contribution in [1.82, 2.24) is 20.4 Å². The molecule has 0 aliphatic heterocycles. The van der Waals surface area contributed by atoms with E-state index in [0.29, 0.717) is 30.6 Å². The van der Waals surface area contributed by atoms with E-state index in [4.69, 9.17) is 9.47 Å². The number of methoxy groups -OCH3 is 1. The lowest BCUT2D eigenvalue weighted by atomic mass is 10.0. The highest BCUT2D eigenvalue weighted by molar-refractivity contribution is 5.99. The number of carboxylic acids is 1. The molecule has 1 heterocycles. The number of aliphatic carboxylic acids is 1. The Morgan fingerprint density at radius 2 is 1.64 bits per heavy atom. The summed E-state index contributed by atoms with van der Waals surface area (Å²) in [6.07, 6.45) is 3.55. The maximum atomic E-state index is 13.5. The molecule has 2 aromatic carbocycles. The molecule has 3 aromatic rings. The highest BCUT2D eigenvalue weighted by atomic mass is 16.6. The Morgan fingerprint density at radius 3 is 2.23 bits per heavy atom. The lowest BCUT2D eigenvalue weighted by molar-refractivity contribution is -0.139. The number of carbonyl (C=O) groups is 4. The first-order valence-corrected chi connectivity index (χ1v) is 14.3. The Kier molecular flexibility index (Phi) is 11.1. The summed E-state index contributed by atoms with van der Waals surface area (Å²) in [5, 5.41) is 22.1. The minimum absolute atomic E-state index is 0.253. The van der Waals surface area contributed by atoms with Crippen molar-refractivity contribution in [1.29, 1.82) is 0 Å². The van der Waals surface area contributed by atoms with E-state index in [2.05, 4.69) is 21.0 Å². The number of aryl methyl sites for hydroxylation is 1. The predicted molar refractivity (Wildman–Crippen MR) is 164 cm³/mol. The van der Waals surface area contributed by atoms with E-state index in [0.717, 1.165) is 5.56 Å². The van der Waals surface area contributed by atoms with Gasteiger partial charge in [-0.1, -0.05) is 42.5 Å². The topological polar surface area (TPSA) is 161 Å². The Morgan fingerprint density at radius 1 is 0.977 bits per heavy atom. The molecule has 12 nitrogen and oxygen atoms in total.